The van der Waals surface area contributed by atoms with Gasteiger partial charge in [-0.3, -0.25) is 10.1 Å². The van der Waals surface area contributed by atoms with Crippen LogP contribution in [0.2, 0.25) is 0 Å². The second-order valence-electron chi connectivity index (χ2n) is 4.96. The Bertz CT molecular complexity index is 771. The molecule has 0 atom stereocenters. The van der Waals surface area contributed by atoms with Crippen LogP contribution < -0.4 is 10.5 Å². The minimum Gasteiger partial charge on any atom is -0.398 e. The summed E-state index contributed by atoms with van der Waals surface area (Å²) in [6.45, 7) is 1.80. The van der Waals surface area contributed by atoms with Crippen LogP contribution in [0.3, 0.4) is 0 Å². The average Bonchev–Trinajstić information content (AvgIpc) is 2.49. The summed E-state index contributed by atoms with van der Waals surface area (Å²) in [7, 11) is -3.37. The van der Waals surface area contributed by atoms with Gasteiger partial charge in [-0.15, -0.1) is 0 Å². The predicted molar refractivity (Wildman–Crippen MR) is 90.9 cm³/mol. The van der Waals surface area contributed by atoms with Crippen LogP contribution in [0.1, 0.15) is 24.5 Å². The van der Waals surface area contributed by atoms with Crippen LogP contribution in [0.5, 0.6) is 0 Å². The van der Waals surface area contributed by atoms with E-state index in [1.165, 1.54) is 0 Å². The van der Waals surface area contributed by atoms with Crippen LogP contribution in [0, 0.1) is 5.41 Å². The Morgan fingerprint density at radius 1 is 1.18 bits per heavy atom. The standard InChI is InChI=1S/C16H19N3O2S/c1-2-10-22(20,21)19-13-8-9-15(17)14(11-13)16(18)12-6-4-3-5-7-12/h3-9,11,18-19H,2,10,17H2,1H3. The fourth-order valence-electron chi connectivity index (χ4n) is 2.10. The van der Waals surface area contributed by atoms with E-state index >= 15 is 0 Å². The van der Waals surface area contributed by atoms with E-state index in [1.54, 1.807) is 25.1 Å². The molecular weight excluding hydrogens is 298 g/mol. The Morgan fingerprint density at radius 2 is 1.86 bits per heavy atom. The van der Waals surface area contributed by atoms with Crippen molar-refractivity contribution >= 4 is 27.1 Å². The molecule has 0 spiro atoms. The minimum atomic E-state index is -3.37. The molecule has 2 aromatic rings. The van der Waals surface area contributed by atoms with Gasteiger partial charge in [-0.1, -0.05) is 37.3 Å². The molecule has 0 unspecified atom stereocenters. The Balaban J connectivity index is 2.34. The average molecular weight is 317 g/mol. The lowest BCUT2D eigenvalue weighted by Gasteiger charge is -2.12. The van der Waals surface area contributed by atoms with E-state index in [9.17, 15) is 8.42 Å². The van der Waals surface area contributed by atoms with Crippen molar-refractivity contribution in [2.45, 2.75) is 13.3 Å². The SMILES string of the molecule is CCCS(=O)(=O)Nc1ccc(N)c(C(=N)c2ccccc2)c1. The maximum atomic E-state index is 11.8. The first-order valence-electron chi connectivity index (χ1n) is 6.97. The van der Waals surface area contributed by atoms with Crippen LogP contribution in [-0.4, -0.2) is 19.9 Å². The van der Waals surface area contributed by atoms with Crippen molar-refractivity contribution < 1.29 is 8.42 Å². The van der Waals surface area contributed by atoms with Gasteiger partial charge in [-0.05, 0) is 24.6 Å². The van der Waals surface area contributed by atoms with E-state index in [2.05, 4.69) is 4.72 Å². The number of sulfonamides is 1. The van der Waals surface area contributed by atoms with E-state index < -0.39 is 10.0 Å². The highest BCUT2D eigenvalue weighted by molar-refractivity contribution is 7.92. The first kappa shape index (κ1) is 16.0. The predicted octanol–water partition coefficient (Wildman–Crippen LogP) is 2.84. The van der Waals surface area contributed by atoms with Crippen molar-refractivity contribution in [3.63, 3.8) is 0 Å². The van der Waals surface area contributed by atoms with Crippen LogP contribution in [0.4, 0.5) is 11.4 Å². The Labute approximate surface area is 130 Å². The molecule has 6 heteroatoms. The molecule has 0 fully saturated rings. The molecule has 2 rings (SSSR count). The zero-order valence-electron chi connectivity index (χ0n) is 12.3. The van der Waals surface area contributed by atoms with Gasteiger partial charge in [0.05, 0.1) is 11.5 Å². The van der Waals surface area contributed by atoms with Gasteiger partial charge in [0.15, 0.2) is 0 Å². The van der Waals surface area contributed by atoms with Gasteiger partial charge in [0.1, 0.15) is 0 Å². The molecule has 5 nitrogen and oxygen atoms in total. The van der Waals surface area contributed by atoms with E-state index in [1.807, 2.05) is 30.3 Å². The monoisotopic (exact) mass is 317 g/mol. The van der Waals surface area contributed by atoms with E-state index in [4.69, 9.17) is 11.1 Å². The van der Waals surface area contributed by atoms with Gasteiger partial charge < -0.3 is 5.73 Å². The molecule has 0 heterocycles. The summed E-state index contributed by atoms with van der Waals surface area (Å²) in [6, 6.07) is 14.0. The maximum Gasteiger partial charge on any atom is 0.232 e. The first-order valence-corrected chi connectivity index (χ1v) is 8.62. The largest absolute Gasteiger partial charge is 0.398 e. The van der Waals surface area contributed by atoms with Gasteiger partial charge in [0.2, 0.25) is 10.0 Å². The second-order valence-corrected chi connectivity index (χ2v) is 6.81. The summed E-state index contributed by atoms with van der Waals surface area (Å²) < 4.78 is 26.2. The molecule has 0 amide bonds. The molecule has 0 aliphatic heterocycles. The molecule has 2 aromatic carbocycles. The van der Waals surface area contributed by atoms with Crippen LogP contribution in [0.15, 0.2) is 48.5 Å². The third-order valence-electron chi connectivity index (χ3n) is 3.13. The molecule has 0 bridgehead atoms. The van der Waals surface area contributed by atoms with E-state index in [0.717, 1.165) is 5.56 Å². The quantitative estimate of drug-likeness (QED) is 0.564. The van der Waals surface area contributed by atoms with Crippen molar-refractivity contribution in [2.75, 3.05) is 16.2 Å². The Kier molecular flexibility index (Phi) is 4.82. The number of nitrogens with one attached hydrogen (secondary N) is 2. The minimum absolute atomic E-state index is 0.0584. The lowest BCUT2D eigenvalue weighted by atomic mass is 10.0. The third kappa shape index (κ3) is 3.85. The molecule has 4 N–H and O–H groups in total. The number of hydrogen-bond donors (Lipinski definition) is 3. The lowest BCUT2D eigenvalue weighted by Crippen LogP contribution is -2.16. The van der Waals surface area contributed by atoms with Gasteiger partial charge in [0.25, 0.3) is 0 Å². The number of nitrogens with two attached hydrogens (primary N) is 1. The Morgan fingerprint density at radius 3 is 2.50 bits per heavy atom. The fourth-order valence-corrected chi connectivity index (χ4v) is 3.22. The van der Waals surface area contributed by atoms with E-state index in [-0.39, 0.29) is 11.5 Å². The summed E-state index contributed by atoms with van der Waals surface area (Å²) >= 11 is 0. The van der Waals surface area contributed by atoms with Gasteiger partial charge in [-0.2, -0.15) is 0 Å². The van der Waals surface area contributed by atoms with Crippen molar-refractivity contribution in [3.05, 3.63) is 59.7 Å². The van der Waals surface area contributed by atoms with Crippen molar-refractivity contribution in [1.82, 2.24) is 0 Å². The second kappa shape index (κ2) is 6.62. The molecule has 0 saturated carbocycles. The number of rotatable bonds is 6. The van der Waals surface area contributed by atoms with Crippen molar-refractivity contribution in [1.29, 1.82) is 5.41 Å². The molecule has 0 aliphatic carbocycles. The smallest absolute Gasteiger partial charge is 0.232 e. The molecule has 0 aromatic heterocycles. The summed E-state index contributed by atoms with van der Waals surface area (Å²) in [5.74, 6) is 0.0584. The lowest BCUT2D eigenvalue weighted by molar-refractivity contribution is 0.600. The number of benzene rings is 2. The zero-order valence-corrected chi connectivity index (χ0v) is 13.2. The highest BCUT2D eigenvalue weighted by Crippen LogP contribution is 2.22. The summed E-state index contributed by atoms with van der Waals surface area (Å²) in [6.07, 6.45) is 0.539. The van der Waals surface area contributed by atoms with Crippen molar-refractivity contribution in [3.8, 4) is 0 Å². The molecular formula is C16H19N3O2S. The van der Waals surface area contributed by atoms with Gasteiger partial charge in [-0.25, -0.2) is 8.42 Å². The summed E-state index contributed by atoms with van der Waals surface area (Å²) in [5.41, 5.74) is 8.27. The van der Waals surface area contributed by atoms with Crippen LogP contribution >= 0.6 is 0 Å². The topological polar surface area (TPSA) is 96.0 Å². The molecule has 0 radical (unpaired) electrons. The van der Waals surface area contributed by atoms with Gasteiger partial charge in [0, 0.05) is 22.5 Å². The molecule has 116 valence electrons. The highest BCUT2D eigenvalue weighted by Gasteiger charge is 2.13. The Hall–Kier alpha value is -2.34. The van der Waals surface area contributed by atoms with Crippen LogP contribution in [0.25, 0.3) is 0 Å². The highest BCUT2D eigenvalue weighted by atomic mass is 32.2. The first-order chi connectivity index (χ1) is 10.4. The van der Waals surface area contributed by atoms with Crippen molar-refractivity contribution in [2.24, 2.45) is 0 Å². The summed E-state index contributed by atoms with van der Waals surface area (Å²) in [5, 5.41) is 8.26. The molecule has 0 saturated heterocycles. The number of hydrogen-bond acceptors (Lipinski definition) is 4. The van der Waals surface area contributed by atoms with E-state index in [0.29, 0.717) is 23.4 Å². The normalized spacial score (nSPS) is 11.1. The summed E-state index contributed by atoms with van der Waals surface area (Å²) in [4.78, 5) is 0. The molecule has 22 heavy (non-hydrogen) atoms. The third-order valence-corrected chi connectivity index (χ3v) is 4.62. The maximum absolute atomic E-state index is 11.8. The van der Waals surface area contributed by atoms with Crippen LogP contribution in [-0.2, 0) is 10.0 Å². The number of anilines is 2. The zero-order chi connectivity index (χ0) is 16.2. The molecule has 0 aliphatic rings. The number of nitrogen functional groups attached to an aromatic ring is 1. The fraction of sp³-hybridized carbons (Fsp3) is 0.188. The van der Waals surface area contributed by atoms with Gasteiger partial charge >= 0.3 is 0 Å².